The van der Waals surface area contributed by atoms with Gasteiger partial charge in [0.2, 0.25) is 0 Å². The highest BCUT2D eigenvalue weighted by atomic mass is 13.9. The van der Waals surface area contributed by atoms with E-state index < -0.39 is 0 Å². The summed E-state index contributed by atoms with van der Waals surface area (Å²) in [6.07, 6.45) is 12.4. The summed E-state index contributed by atoms with van der Waals surface area (Å²) < 4.78 is 0. The summed E-state index contributed by atoms with van der Waals surface area (Å²) in [7, 11) is 0. The molecule has 0 unspecified atom stereocenters. The summed E-state index contributed by atoms with van der Waals surface area (Å²) in [5.74, 6) is 0. The van der Waals surface area contributed by atoms with E-state index in [4.69, 9.17) is 0 Å². The average molecular weight is 202 g/mol. The highest BCUT2D eigenvalue weighted by Gasteiger charge is 1.86. The Morgan fingerprint density at radius 1 is 0.933 bits per heavy atom. The lowest BCUT2D eigenvalue weighted by Crippen LogP contribution is -1.79. The fourth-order valence-corrected chi connectivity index (χ4v) is 1.64. The van der Waals surface area contributed by atoms with Crippen LogP contribution in [0.3, 0.4) is 0 Å². The Balaban J connectivity index is 2.07. The minimum Gasteiger partial charge on any atom is -0.0882 e. The standard InChI is InChI=1S/C15H22/c1-2-3-4-5-6-7-9-12-15-13-10-8-11-14-15/h7-11,13-14H,2-6,12H2,1H3/b9-7-. The molecule has 0 saturated heterocycles. The number of hydrogen-bond acceptors (Lipinski definition) is 0. The molecule has 0 fully saturated rings. The van der Waals surface area contributed by atoms with Crippen molar-refractivity contribution in [3.63, 3.8) is 0 Å². The number of allylic oxidation sites excluding steroid dienone is 2. The van der Waals surface area contributed by atoms with Gasteiger partial charge in [0.05, 0.1) is 0 Å². The number of rotatable bonds is 7. The first kappa shape index (κ1) is 12.0. The molecule has 82 valence electrons. The maximum atomic E-state index is 2.32. The van der Waals surface area contributed by atoms with Crippen LogP contribution in [0.5, 0.6) is 0 Å². The summed E-state index contributed by atoms with van der Waals surface area (Å²) in [6, 6.07) is 10.6. The van der Waals surface area contributed by atoms with Crippen molar-refractivity contribution in [1.29, 1.82) is 0 Å². The molecule has 0 aliphatic rings. The van der Waals surface area contributed by atoms with Crippen LogP contribution in [0.1, 0.15) is 44.6 Å². The highest BCUT2D eigenvalue weighted by Crippen LogP contribution is 2.04. The SMILES string of the molecule is CCCCCC/C=C\Cc1ccccc1. The van der Waals surface area contributed by atoms with Gasteiger partial charge in [-0.3, -0.25) is 0 Å². The predicted molar refractivity (Wildman–Crippen MR) is 68.0 cm³/mol. The Hall–Kier alpha value is -1.04. The molecule has 1 rings (SSSR count). The minimum absolute atomic E-state index is 1.08. The van der Waals surface area contributed by atoms with E-state index in [1.54, 1.807) is 0 Å². The van der Waals surface area contributed by atoms with Crippen molar-refractivity contribution in [3.8, 4) is 0 Å². The second kappa shape index (κ2) is 8.28. The monoisotopic (exact) mass is 202 g/mol. The molecule has 0 aromatic heterocycles. The maximum Gasteiger partial charge on any atom is -0.00975 e. The molecule has 15 heavy (non-hydrogen) atoms. The molecule has 0 heterocycles. The molecule has 0 N–H and O–H groups in total. The summed E-state index contributed by atoms with van der Waals surface area (Å²) in [5, 5.41) is 0. The van der Waals surface area contributed by atoms with Crippen molar-refractivity contribution in [2.75, 3.05) is 0 Å². The van der Waals surface area contributed by atoms with Gasteiger partial charge in [-0.15, -0.1) is 0 Å². The molecule has 0 aliphatic carbocycles. The van der Waals surface area contributed by atoms with Crippen LogP contribution in [0.15, 0.2) is 42.5 Å². The molecule has 0 aliphatic heterocycles. The van der Waals surface area contributed by atoms with Crippen molar-refractivity contribution in [2.24, 2.45) is 0 Å². The first-order valence-electron chi connectivity index (χ1n) is 6.12. The number of unbranched alkanes of at least 4 members (excludes halogenated alkanes) is 4. The van der Waals surface area contributed by atoms with E-state index in [0.717, 1.165) is 6.42 Å². The lowest BCUT2D eigenvalue weighted by Gasteiger charge is -1.95. The first-order chi connectivity index (χ1) is 7.43. The van der Waals surface area contributed by atoms with Gasteiger partial charge < -0.3 is 0 Å². The van der Waals surface area contributed by atoms with Crippen molar-refractivity contribution < 1.29 is 0 Å². The third-order valence-electron chi connectivity index (χ3n) is 2.59. The van der Waals surface area contributed by atoms with Gasteiger partial charge in [0, 0.05) is 0 Å². The largest absolute Gasteiger partial charge is 0.0882 e. The average Bonchev–Trinajstić information content (AvgIpc) is 2.29. The number of hydrogen-bond donors (Lipinski definition) is 0. The molecule has 1 aromatic carbocycles. The van der Waals surface area contributed by atoms with Crippen LogP contribution >= 0.6 is 0 Å². The van der Waals surface area contributed by atoms with Crippen LogP contribution < -0.4 is 0 Å². The Bertz CT molecular complexity index is 259. The van der Waals surface area contributed by atoms with Gasteiger partial charge >= 0.3 is 0 Å². The van der Waals surface area contributed by atoms with Gasteiger partial charge in [-0.25, -0.2) is 0 Å². The normalized spacial score (nSPS) is 11.0. The molecule has 0 heteroatoms. The topological polar surface area (TPSA) is 0 Å². The van der Waals surface area contributed by atoms with Gasteiger partial charge in [-0.05, 0) is 24.8 Å². The van der Waals surface area contributed by atoms with Crippen molar-refractivity contribution in [1.82, 2.24) is 0 Å². The lowest BCUT2D eigenvalue weighted by atomic mass is 10.1. The summed E-state index contributed by atoms with van der Waals surface area (Å²) in [4.78, 5) is 0. The highest BCUT2D eigenvalue weighted by molar-refractivity contribution is 5.17. The second-order valence-electron chi connectivity index (χ2n) is 4.01. The van der Waals surface area contributed by atoms with E-state index in [2.05, 4.69) is 49.4 Å². The van der Waals surface area contributed by atoms with Gasteiger partial charge in [0.1, 0.15) is 0 Å². The van der Waals surface area contributed by atoms with Crippen LogP contribution in [0.25, 0.3) is 0 Å². The van der Waals surface area contributed by atoms with Gasteiger partial charge in [-0.2, -0.15) is 0 Å². The van der Waals surface area contributed by atoms with Gasteiger partial charge in [0.25, 0.3) is 0 Å². The summed E-state index contributed by atoms with van der Waals surface area (Å²) in [6.45, 7) is 2.26. The van der Waals surface area contributed by atoms with E-state index >= 15 is 0 Å². The summed E-state index contributed by atoms with van der Waals surface area (Å²) >= 11 is 0. The van der Waals surface area contributed by atoms with Crippen LogP contribution in [-0.4, -0.2) is 0 Å². The molecular formula is C15H22. The molecule has 0 amide bonds. The van der Waals surface area contributed by atoms with Crippen molar-refractivity contribution >= 4 is 0 Å². The molecule has 0 atom stereocenters. The Kier molecular flexibility index (Phi) is 6.64. The molecule has 0 spiro atoms. The van der Waals surface area contributed by atoms with E-state index in [9.17, 15) is 0 Å². The van der Waals surface area contributed by atoms with E-state index in [1.165, 1.54) is 37.7 Å². The fourth-order valence-electron chi connectivity index (χ4n) is 1.64. The second-order valence-corrected chi connectivity index (χ2v) is 4.01. The molecule has 0 saturated carbocycles. The lowest BCUT2D eigenvalue weighted by molar-refractivity contribution is 0.674. The van der Waals surface area contributed by atoms with Crippen LogP contribution in [-0.2, 0) is 6.42 Å². The zero-order chi connectivity index (χ0) is 10.8. The van der Waals surface area contributed by atoms with Crippen LogP contribution in [0.2, 0.25) is 0 Å². The Morgan fingerprint density at radius 3 is 2.47 bits per heavy atom. The summed E-state index contributed by atoms with van der Waals surface area (Å²) in [5.41, 5.74) is 1.40. The molecule has 0 nitrogen and oxygen atoms in total. The zero-order valence-corrected chi connectivity index (χ0v) is 9.78. The van der Waals surface area contributed by atoms with E-state index in [0.29, 0.717) is 0 Å². The predicted octanol–water partition coefficient (Wildman–Crippen LogP) is 4.76. The zero-order valence-electron chi connectivity index (χ0n) is 9.78. The first-order valence-corrected chi connectivity index (χ1v) is 6.12. The van der Waals surface area contributed by atoms with Crippen LogP contribution in [0, 0.1) is 0 Å². The quantitative estimate of drug-likeness (QED) is 0.442. The molecule has 0 radical (unpaired) electrons. The number of benzene rings is 1. The third-order valence-corrected chi connectivity index (χ3v) is 2.59. The Morgan fingerprint density at radius 2 is 1.73 bits per heavy atom. The Labute approximate surface area is 94.0 Å². The molecule has 0 bridgehead atoms. The van der Waals surface area contributed by atoms with Gasteiger partial charge in [0.15, 0.2) is 0 Å². The minimum atomic E-state index is 1.08. The van der Waals surface area contributed by atoms with E-state index in [1.807, 2.05) is 0 Å². The van der Waals surface area contributed by atoms with E-state index in [-0.39, 0.29) is 0 Å². The fraction of sp³-hybridized carbons (Fsp3) is 0.467. The molecule has 1 aromatic rings. The smallest absolute Gasteiger partial charge is 0.00975 e. The molecular weight excluding hydrogens is 180 g/mol. The third kappa shape index (κ3) is 6.11. The van der Waals surface area contributed by atoms with Gasteiger partial charge in [-0.1, -0.05) is 68.7 Å². The van der Waals surface area contributed by atoms with Crippen LogP contribution in [0.4, 0.5) is 0 Å². The van der Waals surface area contributed by atoms with Crippen molar-refractivity contribution in [2.45, 2.75) is 45.4 Å². The maximum absolute atomic E-state index is 2.32. The van der Waals surface area contributed by atoms with Crippen molar-refractivity contribution in [3.05, 3.63) is 48.0 Å².